The molecule has 6 heteroatoms. The van der Waals surface area contributed by atoms with Crippen LogP contribution in [0.1, 0.15) is 50.4 Å². The molecular weight excluding hydrogens is 287 g/mol. The predicted octanol–water partition coefficient (Wildman–Crippen LogP) is 4.13. The van der Waals surface area contributed by atoms with Gasteiger partial charge in [-0.05, 0) is 52.3 Å². The van der Waals surface area contributed by atoms with Crippen LogP contribution in [0.4, 0.5) is 13.2 Å². The first-order chi connectivity index (χ1) is 8.91. The zero-order chi connectivity index (χ0) is 15.7. The van der Waals surface area contributed by atoms with Crippen molar-refractivity contribution in [2.24, 2.45) is 0 Å². The van der Waals surface area contributed by atoms with Crippen molar-refractivity contribution in [1.82, 2.24) is 4.72 Å². The largest absolute Gasteiger partial charge is 0.598 e. The molecular formula is C14H20F3NOS. The minimum absolute atomic E-state index is 0.420. The van der Waals surface area contributed by atoms with Gasteiger partial charge in [0.15, 0.2) is 0 Å². The van der Waals surface area contributed by atoms with Crippen LogP contribution < -0.4 is 4.72 Å². The quantitative estimate of drug-likeness (QED) is 0.852. The van der Waals surface area contributed by atoms with Crippen LogP contribution in [0.5, 0.6) is 0 Å². The molecule has 0 saturated heterocycles. The van der Waals surface area contributed by atoms with Crippen LogP contribution in [0.2, 0.25) is 0 Å². The zero-order valence-electron chi connectivity index (χ0n) is 12.3. The van der Waals surface area contributed by atoms with Gasteiger partial charge in [-0.3, -0.25) is 0 Å². The number of rotatable bonds is 3. The Balaban J connectivity index is 2.99. The fraction of sp³-hybridized carbons (Fsp3) is 0.571. The van der Waals surface area contributed by atoms with Gasteiger partial charge >= 0.3 is 6.18 Å². The zero-order valence-corrected chi connectivity index (χ0v) is 13.1. The Kier molecular flexibility index (Phi) is 5.16. The molecule has 2 unspecified atom stereocenters. The van der Waals surface area contributed by atoms with Crippen LogP contribution in [0.3, 0.4) is 0 Å². The van der Waals surface area contributed by atoms with Crippen molar-refractivity contribution in [2.45, 2.75) is 51.6 Å². The van der Waals surface area contributed by atoms with Gasteiger partial charge in [-0.25, -0.2) is 0 Å². The third kappa shape index (κ3) is 4.68. The number of alkyl halides is 3. The predicted molar refractivity (Wildman–Crippen MR) is 75.6 cm³/mol. The standard InChI is InChI=1S/C14H20F3NOS/c1-9-6-11(8-12(7-9)14(15,16)17)10(2)18-20(19)13(3,4)5/h6-8,10,18H,1-5H3. The summed E-state index contributed by atoms with van der Waals surface area (Å²) in [7, 11) is 0. The highest BCUT2D eigenvalue weighted by Gasteiger charge is 2.32. The lowest BCUT2D eigenvalue weighted by atomic mass is 10.0. The van der Waals surface area contributed by atoms with Gasteiger partial charge in [-0.15, -0.1) is 4.72 Å². The van der Waals surface area contributed by atoms with Gasteiger partial charge in [0.05, 0.1) is 11.6 Å². The van der Waals surface area contributed by atoms with Gasteiger partial charge in [0.25, 0.3) is 0 Å². The summed E-state index contributed by atoms with van der Waals surface area (Å²) >= 11 is -1.33. The van der Waals surface area contributed by atoms with Gasteiger partial charge in [-0.2, -0.15) is 13.2 Å². The van der Waals surface area contributed by atoms with Gasteiger partial charge in [0, 0.05) is 11.4 Å². The van der Waals surface area contributed by atoms with E-state index in [9.17, 15) is 17.7 Å². The molecule has 0 heterocycles. The number of aryl methyl sites for hydroxylation is 1. The van der Waals surface area contributed by atoms with Gasteiger partial charge < -0.3 is 4.55 Å². The topological polar surface area (TPSA) is 35.1 Å². The van der Waals surface area contributed by atoms with E-state index >= 15 is 0 Å². The summed E-state index contributed by atoms with van der Waals surface area (Å²) in [5.41, 5.74) is 0.336. The molecule has 114 valence electrons. The molecule has 0 aromatic heterocycles. The van der Waals surface area contributed by atoms with Crippen LogP contribution >= 0.6 is 0 Å². The average Bonchev–Trinajstić information content (AvgIpc) is 2.25. The molecule has 0 saturated carbocycles. The lowest BCUT2D eigenvalue weighted by Gasteiger charge is -2.27. The Bertz CT molecular complexity index is 468. The lowest BCUT2D eigenvalue weighted by Crippen LogP contribution is -2.40. The molecule has 1 N–H and O–H groups in total. The molecule has 1 aromatic carbocycles. The second-order valence-corrected chi connectivity index (χ2v) is 7.85. The summed E-state index contributed by atoms with van der Waals surface area (Å²) in [5, 5.41) is 0. The summed E-state index contributed by atoms with van der Waals surface area (Å²) < 4.78 is 52.7. The van der Waals surface area contributed by atoms with Crippen molar-refractivity contribution in [3.8, 4) is 0 Å². The van der Waals surface area contributed by atoms with E-state index in [0.29, 0.717) is 11.1 Å². The molecule has 1 rings (SSSR count). The minimum atomic E-state index is -4.37. The van der Waals surface area contributed by atoms with Gasteiger partial charge in [-0.1, -0.05) is 11.6 Å². The second-order valence-electron chi connectivity index (χ2n) is 5.85. The van der Waals surface area contributed by atoms with E-state index in [2.05, 4.69) is 4.72 Å². The summed E-state index contributed by atoms with van der Waals surface area (Å²) in [5.74, 6) is 0. The number of halogens is 3. The molecule has 0 spiro atoms. The van der Waals surface area contributed by atoms with Gasteiger partial charge in [0.1, 0.15) is 4.75 Å². The van der Waals surface area contributed by atoms with Crippen LogP contribution in [-0.2, 0) is 17.5 Å². The molecule has 0 radical (unpaired) electrons. The summed E-state index contributed by atoms with van der Waals surface area (Å²) in [4.78, 5) is 0. The maximum absolute atomic E-state index is 12.8. The van der Waals surface area contributed by atoms with Gasteiger partial charge in [0.2, 0.25) is 0 Å². The Morgan fingerprint density at radius 2 is 1.70 bits per heavy atom. The Labute approximate surface area is 121 Å². The summed E-state index contributed by atoms with van der Waals surface area (Å²) in [6.45, 7) is 8.74. The highest BCUT2D eigenvalue weighted by atomic mass is 32.2. The van der Waals surface area contributed by atoms with E-state index in [1.54, 1.807) is 40.7 Å². The maximum Gasteiger partial charge on any atom is 0.416 e. The third-order valence-electron chi connectivity index (χ3n) is 2.77. The smallest absolute Gasteiger partial charge is 0.416 e. The third-order valence-corrected chi connectivity index (χ3v) is 4.45. The molecule has 2 nitrogen and oxygen atoms in total. The molecule has 0 amide bonds. The van der Waals surface area contributed by atoms with Crippen LogP contribution in [0.15, 0.2) is 18.2 Å². The molecule has 0 aliphatic heterocycles. The molecule has 0 fully saturated rings. The highest BCUT2D eigenvalue weighted by Crippen LogP contribution is 2.32. The molecule has 0 bridgehead atoms. The molecule has 0 aliphatic carbocycles. The van der Waals surface area contributed by atoms with E-state index in [1.165, 1.54) is 0 Å². The highest BCUT2D eigenvalue weighted by molar-refractivity contribution is 7.90. The first-order valence-corrected chi connectivity index (χ1v) is 7.43. The molecule has 2 atom stereocenters. The minimum Gasteiger partial charge on any atom is -0.598 e. The Morgan fingerprint density at radius 1 is 1.15 bits per heavy atom. The Hall–Kier alpha value is -0.720. The number of nitrogens with one attached hydrogen (secondary N) is 1. The fourth-order valence-corrected chi connectivity index (χ4v) is 2.44. The van der Waals surface area contributed by atoms with E-state index in [0.717, 1.165) is 12.1 Å². The Morgan fingerprint density at radius 3 is 2.15 bits per heavy atom. The molecule has 20 heavy (non-hydrogen) atoms. The van der Waals surface area contributed by atoms with E-state index in [1.807, 2.05) is 0 Å². The van der Waals surface area contributed by atoms with Crippen molar-refractivity contribution >= 4 is 11.4 Å². The number of benzene rings is 1. The maximum atomic E-state index is 12.8. The SMILES string of the molecule is Cc1cc(C(C)N[S+]([O-])C(C)(C)C)cc(C(F)(F)F)c1. The van der Waals surface area contributed by atoms with E-state index in [4.69, 9.17) is 0 Å². The normalized spacial score (nSPS) is 16.1. The molecule has 1 aromatic rings. The van der Waals surface area contributed by atoms with Crippen molar-refractivity contribution in [2.75, 3.05) is 0 Å². The van der Waals surface area contributed by atoms with Crippen LogP contribution in [-0.4, -0.2) is 9.30 Å². The van der Waals surface area contributed by atoms with Crippen molar-refractivity contribution < 1.29 is 17.7 Å². The first-order valence-electron chi connectivity index (χ1n) is 6.28. The van der Waals surface area contributed by atoms with Crippen molar-refractivity contribution in [3.05, 3.63) is 34.9 Å². The average molecular weight is 307 g/mol. The van der Waals surface area contributed by atoms with Crippen molar-refractivity contribution in [3.63, 3.8) is 0 Å². The molecule has 0 aliphatic rings. The van der Waals surface area contributed by atoms with Crippen molar-refractivity contribution in [1.29, 1.82) is 0 Å². The number of hydrogen-bond donors (Lipinski definition) is 1. The lowest BCUT2D eigenvalue weighted by molar-refractivity contribution is -0.137. The van der Waals surface area contributed by atoms with Crippen LogP contribution in [0.25, 0.3) is 0 Å². The van der Waals surface area contributed by atoms with E-state index < -0.39 is 33.9 Å². The first kappa shape index (κ1) is 17.3. The van der Waals surface area contributed by atoms with Crippen LogP contribution in [0, 0.1) is 6.92 Å². The monoisotopic (exact) mass is 307 g/mol. The summed E-state index contributed by atoms with van der Waals surface area (Å²) in [6, 6.07) is 3.46. The number of hydrogen-bond acceptors (Lipinski definition) is 2. The van der Waals surface area contributed by atoms with E-state index in [-0.39, 0.29) is 0 Å². The fourth-order valence-electron chi connectivity index (χ4n) is 1.63. The summed E-state index contributed by atoms with van der Waals surface area (Å²) in [6.07, 6.45) is -4.37. The second kappa shape index (κ2) is 5.95.